The zero-order valence-corrected chi connectivity index (χ0v) is 23.1. The molecule has 1 N–H and O–H groups in total. The Hall–Kier alpha value is -3.81. The van der Waals surface area contributed by atoms with E-state index >= 15 is 0 Å². The molecule has 0 aliphatic carbocycles. The lowest BCUT2D eigenvalue weighted by Crippen LogP contribution is -2.38. The van der Waals surface area contributed by atoms with Crippen LogP contribution >= 0.6 is 11.8 Å². The van der Waals surface area contributed by atoms with Crippen molar-refractivity contribution in [2.45, 2.75) is 30.4 Å². The van der Waals surface area contributed by atoms with E-state index in [1.54, 1.807) is 30.3 Å². The maximum atomic E-state index is 13.4. The standard InChI is InChI=1S/C32H31NO4S2/c34-32(37-24-28-17-9-3-10-18-28)33-30(23-27-15-7-2-8-16-27)31(38-22-21-26-13-5-1-6-14-26)25-39(35,36)29-19-11-4-12-20-29/h1-20,25,30H,21-24H2,(H,33,34)/b31-25-/t30-/m0/s1. The van der Waals surface area contributed by atoms with Crippen molar-refractivity contribution in [1.82, 2.24) is 5.32 Å². The van der Waals surface area contributed by atoms with Gasteiger partial charge in [0.25, 0.3) is 0 Å². The zero-order chi connectivity index (χ0) is 27.3. The molecule has 0 aliphatic rings. The molecule has 1 atom stereocenters. The van der Waals surface area contributed by atoms with Gasteiger partial charge >= 0.3 is 6.09 Å². The van der Waals surface area contributed by atoms with E-state index in [4.69, 9.17) is 4.74 Å². The highest BCUT2D eigenvalue weighted by Gasteiger charge is 2.23. The molecule has 0 fully saturated rings. The largest absolute Gasteiger partial charge is 0.445 e. The van der Waals surface area contributed by atoms with Crippen LogP contribution in [0.15, 0.2) is 137 Å². The van der Waals surface area contributed by atoms with Crippen LogP contribution in [0.2, 0.25) is 0 Å². The molecule has 0 unspecified atom stereocenters. The van der Waals surface area contributed by atoms with Gasteiger partial charge in [0.1, 0.15) is 6.61 Å². The molecule has 0 aromatic heterocycles. The molecule has 0 heterocycles. The Morgan fingerprint density at radius 2 is 1.26 bits per heavy atom. The lowest BCUT2D eigenvalue weighted by Gasteiger charge is -2.22. The summed E-state index contributed by atoms with van der Waals surface area (Å²) in [6.07, 6.45) is 0.562. The fourth-order valence-corrected chi connectivity index (χ4v) is 6.67. The average molecular weight is 558 g/mol. The summed E-state index contributed by atoms with van der Waals surface area (Å²) in [5.74, 6) is 0.645. The van der Waals surface area contributed by atoms with Crippen molar-refractivity contribution in [3.05, 3.63) is 148 Å². The van der Waals surface area contributed by atoms with Crippen LogP contribution < -0.4 is 5.32 Å². The Morgan fingerprint density at radius 1 is 0.744 bits per heavy atom. The molecular formula is C32H31NO4S2. The third kappa shape index (κ3) is 9.16. The van der Waals surface area contributed by atoms with Crippen molar-refractivity contribution in [2.75, 3.05) is 5.75 Å². The van der Waals surface area contributed by atoms with Gasteiger partial charge in [0.05, 0.1) is 10.9 Å². The van der Waals surface area contributed by atoms with Crippen LogP contribution in [-0.2, 0) is 34.0 Å². The predicted molar refractivity (Wildman–Crippen MR) is 158 cm³/mol. The van der Waals surface area contributed by atoms with Gasteiger partial charge in [-0.2, -0.15) is 0 Å². The summed E-state index contributed by atoms with van der Waals surface area (Å²) in [4.78, 5) is 13.7. The molecule has 0 saturated carbocycles. The minimum atomic E-state index is -3.76. The molecule has 39 heavy (non-hydrogen) atoms. The molecule has 1 amide bonds. The number of aryl methyl sites for hydroxylation is 1. The molecule has 7 heteroatoms. The second kappa shape index (κ2) is 14.4. The van der Waals surface area contributed by atoms with E-state index in [1.165, 1.54) is 17.2 Å². The Bertz CT molecular complexity index is 1440. The fourth-order valence-electron chi connectivity index (χ4n) is 3.96. The number of carbonyl (C=O) groups is 1. The van der Waals surface area contributed by atoms with Gasteiger partial charge in [0.15, 0.2) is 0 Å². The molecular weight excluding hydrogens is 526 g/mol. The van der Waals surface area contributed by atoms with Gasteiger partial charge in [-0.05, 0) is 41.7 Å². The Balaban J connectivity index is 1.60. The monoisotopic (exact) mass is 557 g/mol. The first-order valence-electron chi connectivity index (χ1n) is 12.7. The predicted octanol–water partition coefficient (Wildman–Crippen LogP) is 6.82. The van der Waals surface area contributed by atoms with Gasteiger partial charge in [-0.25, -0.2) is 13.2 Å². The first kappa shape index (κ1) is 28.2. The number of nitrogens with one attached hydrogen (secondary N) is 1. The lowest BCUT2D eigenvalue weighted by atomic mass is 10.1. The van der Waals surface area contributed by atoms with Gasteiger partial charge < -0.3 is 10.1 Å². The molecule has 5 nitrogen and oxygen atoms in total. The SMILES string of the molecule is O=C(N[C@@H](Cc1ccccc1)/C(=C/S(=O)(=O)c1ccccc1)SCCc1ccccc1)OCc1ccccc1. The topological polar surface area (TPSA) is 72.5 Å². The molecule has 0 bridgehead atoms. The highest BCUT2D eigenvalue weighted by molar-refractivity contribution is 8.04. The second-order valence-corrected chi connectivity index (χ2v) is 11.9. The fraction of sp³-hybridized carbons (Fsp3) is 0.156. The Morgan fingerprint density at radius 3 is 1.85 bits per heavy atom. The van der Waals surface area contributed by atoms with E-state index in [2.05, 4.69) is 5.32 Å². The summed E-state index contributed by atoms with van der Waals surface area (Å²) in [5, 5.41) is 4.24. The number of hydrogen-bond acceptors (Lipinski definition) is 5. The van der Waals surface area contributed by atoms with Crippen molar-refractivity contribution >= 4 is 27.7 Å². The van der Waals surface area contributed by atoms with E-state index in [-0.39, 0.29) is 11.5 Å². The maximum Gasteiger partial charge on any atom is 0.407 e. The highest BCUT2D eigenvalue weighted by atomic mass is 32.2. The smallest absolute Gasteiger partial charge is 0.407 e. The Kier molecular flexibility index (Phi) is 10.4. The molecule has 4 rings (SSSR count). The normalized spacial score (nSPS) is 12.5. The van der Waals surface area contributed by atoms with Gasteiger partial charge in [0, 0.05) is 16.1 Å². The number of thioether (sulfide) groups is 1. The summed E-state index contributed by atoms with van der Waals surface area (Å²) in [7, 11) is -3.76. The lowest BCUT2D eigenvalue weighted by molar-refractivity contribution is 0.137. The number of alkyl carbamates (subject to hydrolysis) is 1. The van der Waals surface area contributed by atoms with Crippen molar-refractivity contribution in [3.63, 3.8) is 0 Å². The summed E-state index contributed by atoms with van der Waals surface area (Å²) < 4.78 is 32.3. The van der Waals surface area contributed by atoms with Crippen LogP contribution in [0.1, 0.15) is 16.7 Å². The summed E-state index contributed by atoms with van der Waals surface area (Å²) in [5.41, 5.74) is 2.99. The molecule has 4 aromatic rings. The van der Waals surface area contributed by atoms with Crippen molar-refractivity contribution in [3.8, 4) is 0 Å². The van der Waals surface area contributed by atoms with Crippen LogP contribution in [0.5, 0.6) is 0 Å². The first-order valence-corrected chi connectivity index (χ1v) is 15.2. The van der Waals surface area contributed by atoms with Crippen molar-refractivity contribution in [2.24, 2.45) is 0 Å². The van der Waals surface area contributed by atoms with E-state index in [9.17, 15) is 13.2 Å². The second-order valence-electron chi connectivity index (χ2n) is 8.91. The molecule has 200 valence electrons. The van der Waals surface area contributed by atoms with Crippen LogP contribution in [0.3, 0.4) is 0 Å². The number of sulfone groups is 1. The van der Waals surface area contributed by atoms with Crippen molar-refractivity contribution < 1.29 is 17.9 Å². The van der Waals surface area contributed by atoms with Gasteiger partial charge in [-0.1, -0.05) is 109 Å². The van der Waals surface area contributed by atoms with Crippen molar-refractivity contribution in [1.29, 1.82) is 0 Å². The van der Waals surface area contributed by atoms with E-state index in [1.807, 2.05) is 91.0 Å². The van der Waals surface area contributed by atoms with Gasteiger partial charge in [-0.3, -0.25) is 0 Å². The summed E-state index contributed by atoms with van der Waals surface area (Å²) in [6.45, 7) is 0.118. The van der Waals surface area contributed by atoms with Crippen LogP contribution in [-0.4, -0.2) is 26.3 Å². The summed E-state index contributed by atoms with van der Waals surface area (Å²) in [6, 6.07) is 36.9. The number of carbonyl (C=O) groups excluding carboxylic acids is 1. The van der Waals surface area contributed by atoms with Gasteiger partial charge in [0.2, 0.25) is 9.84 Å². The first-order chi connectivity index (χ1) is 19.0. The third-order valence-corrected chi connectivity index (χ3v) is 8.76. The van der Waals surface area contributed by atoms with E-state index < -0.39 is 22.0 Å². The van der Waals surface area contributed by atoms with Crippen LogP contribution in [0, 0.1) is 0 Å². The number of hydrogen-bond donors (Lipinski definition) is 1. The van der Waals surface area contributed by atoms with Crippen LogP contribution in [0.25, 0.3) is 0 Å². The molecule has 0 aliphatic heterocycles. The molecule has 4 aromatic carbocycles. The zero-order valence-electron chi connectivity index (χ0n) is 21.5. The number of rotatable bonds is 12. The number of benzene rings is 4. The number of ether oxygens (including phenoxy) is 1. The van der Waals surface area contributed by atoms with Crippen LogP contribution in [0.4, 0.5) is 4.79 Å². The van der Waals surface area contributed by atoms with E-state index in [0.29, 0.717) is 17.1 Å². The van der Waals surface area contributed by atoms with Gasteiger partial charge in [-0.15, -0.1) is 11.8 Å². The van der Waals surface area contributed by atoms with E-state index in [0.717, 1.165) is 23.1 Å². The quantitative estimate of drug-likeness (QED) is 0.207. The minimum Gasteiger partial charge on any atom is -0.445 e. The molecule has 0 spiro atoms. The molecule has 0 radical (unpaired) electrons. The average Bonchev–Trinajstić information content (AvgIpc) is 2.97. The minimum absolute atomic E-state index is 0.118. The number of amides is 1. The maximum absolute atomic E-state index is 13.4. The molecule has 0 saturated heterocycles. The third-order valence-electron chi connectivity index (χ3n) is 5.98. The highest BCUT2D eigenvalue weighted by Crippen LogP contribution is 2.27. The summed E-state index contributed by atoms with van der Waals surface area (Å²) >= 11 is 1.43. The Labute approximate surface area is 234 Å².